The topological polar surface area (TPSA) is 47.6 Å². The highest BCUT2D eigenvalue weighted by molar-refractivity contribution is 14.1. The summed E-state index contributed by atoms with van der Waals surface area (Å²) in [4.78, 5) is 0. The van der Waals surface area contributed by atoms with Crippen molar-refractivity contribution < 1.29 is 0 Å². The lowest BCUT2D eigenvalue weighted by molar-refractivity contribution is 0.916. The van der Waals surface area contributed by atoms with Gasteiger partial charge in [0.2, 0.25) is 0 Å². The molecular weight excluding hydrogens is 1010 g/mol. The van der Waals surface area contributed by atoms with Gasteiger partial charge in [-0.15, -0.1) is 0 Å². The fourth-order valence-electron chi connectivity index (χ4n) is 4.22. The maximum absolute atomic E-state index is 9.28. The second-order valence-corrected chi connectivity index (χ2v) is 14.2. The van der Waals surface area contributed by atoms with Gasteiger partial charge in [0.05, 0.1) is 11.1 Å². The number of nitriles is 2. The smallest absolute Gasteiger partial charge is 0.100 e. The van der Waals surface area contributed by atoms with Gasteiger partial charge in [0.25, 0.3) is 0 Å². The van der Waals surface area contributed by atoms with Crippen LogP contribution < -0.4 is 0 Å². The van der Waals surface area contributed by atoms with Crippen molar-refractivity contribution in [1.82, 2.24) is 0 Å². The molecule has 7 heteroatoms. The molecule has 0 bridgehead atoms. The first kappa shape index (κ1) is 28.5. The number of nitrogens with zero attached hydrogens (tertiary/aromatic N) is 2. The Bertz CT molecular complexity index is 1430. The fourth-order valence-corrected chi connectivity index (χ4v) is 9.03. The van der Waals surface area contributed by atoms with Gasteiger partial charge in [-0.2, -0.15) is 10.5 Å². The van der Waals surface area contributed by atoms with Gasteiger partial charge in [-0.25, -0.2) is 0 Å². The molecule has 0 saturated carbocycles. The lowest BCUT2D eigenvalue weighted by Gasteiger charge is -2.19. The van der Waals surface area contributed by atoms with Crippen LogP contribution in [0.2, 0.25) is 0 Å². The lowest BCUT2D eigenvalue weighted by Crippen LogP contribution is -2.02. The van der Waals surface area contributed by atoms with Gasteiger partial charge in [-0.1, -0.05) is 25.1 Å². The first-order chi connectivity index (χ1) is 17.1. The average Bonchev–Trinajstić information content (AvgIpc) is 2.83. The Kier molecular flexibility index (Phi) is 9.61. The van der Waals surface area contributed by atoms with Crippen LogP contribution in [0.1, 0.15) is 40.7 Å². The Morgan fingerprint density at radius 3 is 1.42 bits per heavy atom. The van der Waals surface area contributed by atoms with E-state index in [-0.39, 0.29) is 5.92 Å². The van der Waals surface area contributed by atoms with Crippen molar-refractivity contribution in [3.8, 4) is 34.4 Å². The SMILES string of the molecule is Cc1cc(C(C)c2cc(I)c(-c3ccc(C#N)c(I)c3)c(I)c2)cc(I)c1-c1ccc(C#N)c(I)c1. The second-order valence-electron chi connectivity index (χ2n) is 8.39. The molecule has 0 aliphatic rings. The number of aryl methyl sites for hydroxylation is 1. The Morgan fingerprint density at radius 2 is 1.00 bits per heavy atom. The Balaban J connectivity index is 1.71. The van der Waals surface area contributed by atoms with E-state index < -0.39 is 0 Å². The highest BCUT2D eigenvalue weighted by Gasteiger charge is 2.18. The maximum Gasteiger partial charge on any atom is 0.100 e. The third-order valence-electron chi connectivity index (χ3n) is 6.13. The molecule has 0 N–H and O–H groups in total. The quantitative estimate of drug-likeness (QED) is 0.191. The zero-order valence-corrected chi connectivity index (χ0v) is 29.9. The van der Waals surface area contributed by atoms with Crippen molar-refractivity contribution in [1.29, 1.82) is 10.5 Å². The zero-order chi connectivity index (χ0) is 26.1. The zero-order valence-electron chi connectivity index (χ0n) is 19.1. The summed E-state index contributed by atoms with van der Waals surface area (Å²) in [7, 11) is 0. The van der Waals surface area contributed by atoms with Crippen molar-refractivity contribution in [3.63, 3.8) is 0 Å². The molecule has 2 nitrogen and oxygen atoms in total. The van der Waals surface area contributed by atoms with E-state index in [2.05, 4.69) is 175 Å². The number of rotatable bonds is 4. The fraction of sp³-hybridized carbons (Fsp3) is 0.103. The van der Waals surface area contributed by atoms with Crippen LogP contribution in [-0.4, -0.2) is 0 Å². The Labute approximate surface area is 280 Å². The molecule has 4 rings (SSSR count). The number of hydrogen-bond donors (Lipinski definition) is 0. The van der Waals surface area contributed by atoms with E-state index in [0.29, 0.717) is 11.1 Å². The van der Waals surface area contributed by atoms with Gasteiger partial charge in [-0.05, 0) is 196 Å². The molecule has 4 aromatic carbocycles. The molecular formula is C29H17I5N2. The molecule has 0 amide bonds. The van der Waals surface area contributed by atoms with Gasteiger partial charge < -0.3 is 0 Å². The highest BCUT2D eigenvalue weighted by Crippen LogP contribution is 2.38. The first-order valence-electron chi connectivity index (χ1n) is 10.8. The van der Waals surface area contributed by atoms with Crippen molar-refractivity contribution >= 4 is 113 Å². The van der Waals surface area contributed by atoms with E-state index in [1.54, 1.807) is 0 Å². The summed E-state index contributed by atoms with van der Waals surface area (Å²) in [5.41, 5.74) is 9.94. The number of hydrogen-bond acceptors (Lipinski definition) is 2. The van der Waals surface area contributed by atoms with Crippen molar-refractivity contribution in [2.24, 2.45) is 0 Å². The van der Waals surface area contributed by atoms with Gasteiger partial charge >= 0.3 is 0 Å². The molecule has 1 atom stereocenters. The predicted octanol–water partition coefficient (Wildman–Crippen LogP) is 10.2. The summed E-state index contributed by atoms with van der Waals surface area (Å²) in [6.07, 6.45) is 0. The van der Waals surface area contributed by atoms with Crippen LogP contribution in [0.3, 0.4) is 0 Å². The Hall–Kier alpha value is -0.490. The monoisotopic (exact) mass is 1030 g/mol. The van der Waals surface area contributed by atoms with Gasteiger partial charge in [0, 0.05) is 29.3 Å². The molecule has 0 aliphatic carbocycles. The van der Waals surface area contributed by atoms with E-state index in [1.807, 2.05) is 24.3 Å². The summed E-state index contributed by atoms with van der Waals surface area (Å²) >= 11 is 11.8. The van der Waals surface area contributed by atoms with E-state index in [1.165, 1.54) is 38.5 Å². The standard InChI is InChI=1S/C29H17I5N2/c1-15-7-21(10-25(32)28(15)17-3-5-19(13-35)23(30)8-17)16(2)22-11-26(33)29(27(34)12-22)18-4-6-20(14-36)24(31)9-18/h3-12,16H,1-2H3. The van der Waals surface area contributed by atoms with E-state index in [0.717, 1.165) is 18.3 Å². The largest absolute Gasteiger partial charge is 0.192 e. The summed E-state index contributed by atoms with van der Waals surface area (Å²) in [5.74, 6) is 0.240. The molecule has 178 valence electrons. The molecule has 0 saturated heterocycles. The minimum absolute atomic E-state index is 0.240. The second kappa shape index (κ2) is 12.1. The van der Waals surface area contributed by atoms with Crippen LogP contribution in [0.5, 0.6) is 0 Å². The number of benzene rings is 4. The van der Waals surface area contributed by atoms with Crippen LogP contribution in [0.25, 0.3) is 22.3 Å². The minimum Gasteiger partial charge on any atom is -0.192 e. The Morgan fingerprint density at radius 1 is 0.583 bits per heavy atom. The average molecular weight is 1030 g/mol. The molecule has 0 radical (unpaired) electrons. The molecule has 0 heterocycles. The molecule has 36 heavy (non-hydrogen) atoms. The summed E-state index contributed by atoms with van der Waals surface area (Å²) in [5, 5.41) is 18.6. The predicted molar refractivity (Wildman–Crippen MR) is 189 cm³/mol. The van der Waals surface area contributed by atoms with Crippen molar-refractivity contribution in [2.75, 3.05) is 0 Å². The molecule has 4 aromatic rings. The summed E-state index contributed by atoms with van der Waals surface area (Å²) in [6.45, 7) is 4.43. The molecule has 0 spiro atoms. The van der Waals surface area contributed by atoms with Gasteiger partial charge in [0.15, 0.2) is 0 Å². The van der Waals surface area contributed by atoms with E-state index in [9.17, 15) is 10.5 Å². The lowest BCUT2D eigenvalue weighted by atomic mass is 9.88. The first-order valence-corrected chi connectivity index (χ1v) is 16.2. The van der Waals surface area contributed by atoms with Crippen LogP contribution in [0.15, 0.2) is 60.7 Å². The van der Waals surface area contributed by atoms with E-state index in [4.69, 9.17) is 0 Å². The molecule has 0 aliphatic heterocycles. The van der Waals surface area contributed by atoms with Crippen molar-refractivity contribution in [3.05, 3.63) is 106 Å². The summed E-state index contributed by atoms with van der Waals surface area (Å²) in [6, 6.07) is 25.7. The summed E-state index contributed by atoms with van der Waals surface area (Å²) < 4.78 is 5.57. The van der Waals surface area contributed by atoms with Crippen molar-refractivity contribution in [2.45, 2.75) is 19.8 Å². The normalized spacial score (nSPS) is 11.6. The van der Waals surface area contributed by atoms with Crippen LogP contribution in [0, 0.1) is 47.4 Å². The third kappa shape index (κ3) is 5.90. The third-order valence-corrected chi connectivity index (χ3v) is 10.5. The van der Waals surface area contributed by atoms with Crippen LogP contribution in [-0.2, 0) is 0 Å². The molecule has 1 unspecified atom stereocenters. The van der Waals surface area contributed by atoms with Gasteiger partial charge in [0.1, 0.15) is 12.1 Å². The van der Waals surface area contributed by atoms with Gasteiger partial charge in [-0.3, -0.25) is 0 Å². The maximum atomic E-state index is 9.28. The number of halogens is 5. The highest BCUT2D eigenvalue weighted by atomic mass is 127. The molecule has 0 aromatic heterocycles. The van der Waals surface area contributed by atoms with Crippen LogP contribution >= 0.6 is 113 Å². The van der Waals surface area contributed by atoms with Crippen LogP contribution in [0.4, 0.5) is 0 Å². The minimum atomic E-state index is 0.240. The molecule has 0 fully saturated rings. The van der Waals surface area contributed by atoms with E-state index >= 15 is 0 Å².